The summed E-state index contributed by atoms with van der Waals surface area (Å²) < 4.78 is 17.4. The molecule has 168 valence electrons. The fourth-order valence-corrected chi connectivity index (χ4v) is 5.26. The fraction of sp³-hybridized carbons (Fsp3) is 0.560. The Hall–Kier alpha value is -2.85. The van der Waals surface area contributed by atoms with E-state index < -0.39 is 5.41 Å². The molecule has 2 heterocycles. The standard InChI is InChI=1S/C25H30N4O3/c1-30-22-7-6-18(14-23(22)32-19-4-2-3-5-19)25(16-26)9-8-21-20(15-25)24(28-17-27-21)29-10-12-31-13-11-29/h6-7,14,17,19H,2-5,8-13,15H2,1H3. The van der Waals surface area contributed by atoms with E-state index in [0.29, 0.717) is 19.6 Å². The SMILES string of the molecule is COc1ccc(C2(C#N)CCc3ncnc(N4CCOCC4)c3C2)cc1OC1CCCC1. The molecule has 1 saturated heterocycles. The summed E-state index contributed by atoms with van der Waals surface area (Å²) in [5, 5.41) is 10.4. The molecule has 0 amide bonds. The molecule has 32 heavy (non-hydrogen) atoms. The second-order valence-electron chi connectivity index (χ2n) is 8.98. The van der Waals surface area contributed by atoms with Gasteiger partial charge in [0.15, 0.2) is 11.5 Å². The Bertz CT molecular complexity index is 1010. The number of methoxy groups -OCH3 is 1. The summed E-state index contributed by atoms with van der Waals surface area (Å²) in [6.07, 6.45) is 8.52. The Morgan fingerprint density at radius 1 is 1.16 bits per heavy atom. The van der Waals surface area contributed by atoms with E-state index in [4.69, 9.17) is 14.2 Å². The summed E-state index contributed by atoms with van der Waals surface area (Å²) in [6, 6.07) is 8.66. The van der Waals surface area contributed by atoms with Crippen molar-refractivity contribution in [1.82, 2.24) is 9.97 Å². The zero-order valence-corrected chi connectivity index (χ0v) is 18.7. The molecule has 3 aliphatic rings. The number of benzene rings is 1. The van der Waals surface area contributed by atoms with Crippen molar-refractivity contribution < 1.29 is 14.2 Å². The number of morpholine rings is 1. The van der Waals surface area contributed by atoms with Gasteiger partial charge in [-0.2, -0.15) is 5.26 Å². The Balaban J connectivity index is 1.49. The number of hydrogen-bond acceptors (Lipinski definition) is 7. The van der Waals surface area contributed by atoms with E-state index in [2.05, 4.69) is 20.9 Å². The number of nitrogens with zero attached hydrogens (tertiary/aromatic N) is 4. The summed E-state index contributed by atoms with van der Waals surface area (Å²) in [5.41, 5.74) is 2.49. The third-order valence-electron chi connectivity index (χ3n) is 7.12. The van der Waals surface area contributed by atoms with E-state index in [0.717, 1.165) is 72.9 Å². The van der Waals surface area contributed by atoms with E-state index >= 15 is 0 Å². The summed E-state index contributed by atoms with van der Waals surface area (Å²) >= 11 is 0. The zero-order valence-electron chi connectivity index (χ0n) is 18.7. The Morgan fingerprint density at radius 2 is 1.97 bits per heavy atom. The number of anilines is 1. The van der Waals surface area contributed by atoms with Crippen LogP contribution in [0.1, 0.15) is 48.9 Å². The zero-order chi connectivity index (χ0) is 22.0. The number of fused-ring (bicyclic) bond motifs is 1. The quantitative estimate of drug-likeness (QED) is 0.711. The largest absolute Gasteiger partial charge is 0.493 e. The number of hydrogen-bond donors (Lipinski definition) is 0. The molecule has 7 heteroatoms. The molecular weight excluding hydrogens is 404 g/mol. The van der Waals surface area contributed by atoms with Gasteiger partial charge in [-0.1, -0.05) is 6.07 Å². The monoisotopic (exact) mass is 434 g/mol. The lowest BCUT2D eigenvalue weighted by molar-refractivity contribution is 0.122. The highest BCUT2D eigenvalue weighted by Gasteiger charge is 2.40. The minimum absolute atomic E-state index is 0.227. The van der Waals surface area contributed by atoms with Crippen molar-refractivity contribution >= 4 is 5.82 Å². The lowest BCUT2D eigenvalue weighted by Gasteiger charge is -2.36. The highest BCUT2D eigenvalue weighted by atomic mass is 16.5. The van der Waals surface area contributed by atoms with Crippen molar-refractivity contribution in [2.24, 2.45) is 0 Å². The molecule has 0 radical (unpaired) electrons. The van der Waals surface area contributed by atoms with Gasteiger partial charge in [-0.25, -0.2) is 9.97 Å². The van der Waals surface area contributed by atoms with Gasteiger partial charge in [0.25, 0.3) is 0 Å². The average molecular weight is 435 g/mol. The topological polar surface area (TPSA) is 80.5 Å². The van der Waals surface area contributed by atoms with Gasteiger partial charge < -0.3 is 19.1 Å². The second-order valence-corrected chi connectivity index (χ2v) is 8.98. The van der Waals surface area contributed by atoms with E-state index in [9.17, 15) is 5.26 Å². The summed E-state index contributed by atoms with van der Waals surface area (Å²) in [6.45, 7) is 3.01. The van der Waals surface area contributed by atoms with Crippen LogP contribution in [0, 0.1) is 11.3 Å². The Morgan fingerprint density at radius 3 is 2.72 bits per heavy atom. The highest BCUT2D eigenvalue weighted by molar-refractivity contribution is 5.55. The predicted octanol–water partition coefficient (Wildman–Crippen LogP) is 3.59. The van der Waals surface area contributed by atoms with Crippen LogP contribution in [0.15, 0.2) is 24.5 Å². The summed E-state index contributed by atoms with van der Waals surface area (Å²) in [7, 11) is 1.67. The smallest absolute Gasteiger partial charge is 0.161 e. The van der Waals surface area contributed by atoms with Crippen LogP contribution in [0.4, 0.5) is 5.82 Å². The first-order valence-electron chi connectivity index (χ1n) is 11.6. The third kappa shape index (κ3) is 3.88. The number of ether oxygens (including phenoxy) is 3. The maximum Gasteiger partial charge on any atom is 0.161 e. The van der Waals surface area contributed by atoms with Crippen LogP contribution in [0.3, 0.4) is 0 Å². The van der Waals surface area contributed by atoms with Crippen LogP contribution in [-0.2, 0) is 23.0 Å². The molecular formula is C25H30N4O3. The van der Waals surface area contributed by atoms with Crippen molar-refractivity contribution in [2.75, 3.05) is 38.3 Å². The molecule has 0 N–H and O–H groups in total. The molecule has 1 atom stereocenters. The molecule has 2 fully saturated rings. The first-order chi connectivity index (χ1) is 15.7. The highest BCUT2D eigenvalue weighted by Crippen LogP contribution is 2.43. The van der Waals surface area contributed by atoms with Crippen molar-refractivity contribution in [1.29, 1.82) is 5.26 Å². The predicted molar refractivity (Wildman–Crippen MR) is 120 cm³/mol. The molecule has 1 aliphatic heterocycles. The van der Waals surface area contributed by atoms with Gasteiger partial charge in [-0.05, 0) is 56.2 Å². The van der Waals surface area contributed by atoms with Crippen LogP contribution < -0.4 is 14.4 Å². The maximum atomic E-state index is 10.4. The molecule has 1 aromatic carbocycles. The van der Waals surface area contributed by atoms with Gasteiger partial charge in [-0.15, -0.1) is 0 Å². The maximum absolute atomic E-state index is 10.4. The lowest BCUT2D eigenvalue weighted by Crippen LogP contribution is -2.39. The van der Waals surface area contributed by atoms with Crippen LogP contribution in [0.5, 0.6) is 11.5 Å². The van der Waals surface area contributed by atoms with Gasteiger partial charge >= 0.3 is 0 Å². The minimum Gasteiger partial charge on any atom is -0.493 e. The third-order valence-corrected chi connectivity index (χ3v) is 7.12. The summed E-state index contributed by atoms with van der Waals surface area (Å²) in [4.78, 5) is 11.5. The minimum atomic E-state index is -0.640. The van der Waals surface area contributed by atoms with Gasteiger partial charge in [0.05, 0.1) is 37.9 Å². The molecule has 0 spiro atoms. The van der Waals surface area contributed by atoms with Gasteiger partial charge in [0, 0.05) is 30.8 Å². The first kappa shape index (κ1) is 21.0. The molecule has 1 unspecified atom stereocenters. The van der Waals surface area contributed by atoms with Gasteiger partial charge in [-0.3, -0.25) is 0 Å². The Kier molecular flexibility index (Phi) is 5.88. The van der Waals surface area contributed by atoms with Gasteiger partial charge in [0.1, 0.15) is 12.1 Å². The van der Waals surface area contributed by atoms with Crippen LogP contribution in [0.2, 0.25) is 0 Å². The van der Waals surface area contributed by atoms with E-state index in [1.54, 1.807) is 13.4 Å². The van der Waals surface area contributed by atoms with E-state index in [-0.39, 0.29) is 6.10 Å². The normalized spacial score (nSPS) is 23.4. The number of aryl methyl sites for hydroxylation is 1. The number of nitriles is 1. The number of rotatable bonds is 5. The first-order valence-corrected chi connectivity index (χ1v) is 11.6. The second kappa shape index (κ2) is 8.95. The van der Waals surface area contributed by atoms with Crippen molar-refractivity contribution in [2.45, 2.75) is 56.5 Å². The molecule has 1 aromatic heterocycles. The van der Waals surface area contributed by atoms with Crippen LogP contribution in [0.25, 0.3) is 0 Å². The van der Waals surface area contributed by atoms with E-state index in [1.807, 2.05) is 18.2 Å². The van der Waals surface area contributed by atoms with Crippen LogP contribution >= 0.6 is 0 Å². The Labute approximate surface area is 189 Å². The van der Waals surface area contributed by atoms with Crippen molar-refractivity contribution in [3.63, 3.8) is 0 Å². The van der Waals surface area contributed by atoms with Crippen molar-refractivity contribution in [3.8, 4) is 17.6 Å². The van der Waals surface area contributed by atoms with Crippen LogP contribution in [-0.4, -0.2) is 49.5 Å². The van der Waals surface area contributed by atoms with E-state index in [1.165, 1.54) is 12.8 Å². The lowest BCUT2D eigenvalue weighted by atomic mass is 9.69. The van der Waals surface area contributed by atoms with Crippen molar-refractivity contribution in [3.05, 3.63) is 41.3 Å². The van der Waals surface area contributed by atoms with Gasteiger partial charge in [0.2, 0.25) is 0 Å². The molecule has 2 aromatic rings. The fourth-order valence-electron chi connectivity index (χ4n) is 5.26. The molecule has 5 rings (SSSR count). The molecule has 2 aliphatic carbocycles. The molecule has 1 saturated carbocycles. The molecule has 7 nitrogen and oxygen atoms in total. The number of aromatic nitrogens is 2. The average Bonchev–Trinajstić information content (AvgIpc) is 3.37. The molecule has 0 bridgehead atoms. The summed E-state index contributed by atoms with van der Waals surface area (Å²) in [5.74, 6) is 2.42.